The van der Waals surface area contributed by atoms with E-state index in [1.807, 2.05) is 43.3 Å². The van der Waals surface area contributed by atoms with E-state index in [-0.39, 0.29) is 23.9 Å². The maximum Gasteiger partial charge on any atom is 0.282 e. The largest absolute Gasteiger partial charge is 0.463 e. The summed E-state index contributed by atoms with van der Waals surface area (Å²) >= 11 is 5.89. The monoisotopic (exact) mass is 371 g/mol. The molecule has 2 aromatic carbocycles. The van der Waals surface area contributed by atoms with Crippen LogP contribution < -0.4 is 11.1 Å². The lowest BCUT2D eigenvalue weighted by molar-refractivity contribution is -0.117. The molecule has 0 spiro atoms. The lowest BCUT2D eigenvalue weighted by Gasteiger charge is -2.13. The summed E-state index contributed by atoms with van der Waals surface area (Å²) in [4.78, 5) is 16.6. The number of aliphatic imine (C=N–C) groups is 1. The first-order chi connectivity index (χ1) is 12.5. The van der Waals surface area contributed by atoms with Gasteiger partial charge in [0.1, 0.15) is 6.61 Å². The molecule has 3 rings (SSSR count). The van der Waals surface area contributed by atoms with Crippen LogP contribution in [0.2, 0.25) is 5.02 Å². The molecule has 0 aromatic heterocycles. The normalized spacial score (nSPS) is 17.3. The number of ether oxygens (including phenoxy) is 1. The summed E-state index contributed by atoms with van der Waals surface area (Å²) in [5.41, 5.74) is 8.42. The van der Waals surface area contributed by atoms with Gasteiger partial charge in [0.25, 0.3) is 6.02 Å². The SMILES string of the molecule is CC(C(=O)Nc1ccc(CC[C@H]2COC(N)=N2)cc1)c1ccc(Cl)cc1. The van der Waals surface area contributed by atoms with E-state index in [1.54, 1.807) is 12.1 Å². The van der Waals surface area contributed by atoms with E-state index in [0.717, 1.165) is 24.1 Å². The predicted octanol–water partition coefficient (Wildman–Crippen LogP) is 3.73. The van der Waals surface area contributed by atoms with Gasteiger partial charge in [0, 0.05) is 10.7 Å². The molecule has 0 saturated carbocycles. The molecular weight excluding hydrogens is 350 g/mol. The first-order valence-corrected chi connectivity index (χ1v) is 9.00. The van der Waals surface area contributed by atoms with Crippen molar-refractivity contribution in [3.05, 3.63) is 64.7 Å². The van der Waals surface area contributed by atoms with Gasteiger partial charge >= 0.3 is 0 Å². The summed E-state index contributed by atoms with van der Waals surface area (Å²) in [6.45, 7) is 2.44. The Morgan fingerprint density at radius 2 is 1.96 bits per heavy atom. The number of nitrogens with zero attached hydrogens (tertiary/aromatic N) is 1. The highest BCUT2D eigenvalue weighted by molar-refractivity contribution is 6.30. The summed E-state index contributed by atoms with van der Waals surface area (Å²) in [7, 11) is 0. The Morgan fingerprint density at radius 3 is 2.58 bits per heavy atom. The highest BCUT2D eigenvalue weighted by Gasteiger charge is 2.17. The third kappa shape index (κ3) is 4.76. The van der Waals surface area contributed by atoms with E-state index in [4.69, 9.17) is 22.1 Å². The van der Waals surface area contributed by atoms with Crippen LogP contribution in [0.15, 0.2) is 53.5 Å². The van der Waals surface area contributed by atoms with Crippen LogP contribution in [-0.2, 0) is 16.0 Å². The fourth-order valence-corrected chi connectivity index (χ4v) is 2.95. The highest BCUT2D eigenvalue weighted by atomic mass is 35.5. The molecule has 1 aliphatic heterocycles. The zero-order valence-electron chi connectivity index (χ0n) is 14.6. The Morgan fingerprint density at radius 1 is 1.27 bits per heavy atom. The minimum atomic E-state index is -0.252. The zero-order chi connectivity index (χ0) is 18.5. The van der Waals surface area contributed by atoms with Gasteiger partial charge in [-0.05, 0) is 55.2 Å². The quantitative estimate of drug-likeness (QED) is 0.812. The van der Waals surface area contributed by atoms with E-state index in [1.165, 1.54) is 5.56 Å². The number of nitrogens with one attached hydrogen (secondary N) is 1. The van der Waals surface area contributed by atoms with Crippen molar-refractivity contribution in [3.8, 4) is 0 Å². The number of carbonyl (C=O) groups is 1. The first-order valence-electron chi connectivity index (χ1n) is 8.62. The lowest BCUT2D eigenvalue weighted by Crippen LogP contribution is -2.18. The molecule has 1 aliphatic rings. The van der Waals surface area contributed by atoms with Crippen molar-refractivity contribution in [2.24, 2.45) is 10.7 Å². The summed E-state index contributed by atoms with van der Waals surface area (Å²) in [6.07, 6.45) is 1.78. The van der Waals surface area contributed by atoms with Crippen LogP contribution in [0.4, 0.5) is 5.69 Å². The maximum atomic E-state index is 12.4. The van der Waals surface area contributed by atoms with Crippen molar-refractivity contribution in [1.82, 2.24) is 0 Å². The Bertz CT molecular complexity index is 788. The van der Waals surface area contributed by atoms with Gasteiger partial charge in [0.15, 0.2) is 0 Å². The number of hydrogen-bond acceptors (Lipinski definition) is 4. The van der Waals surface area contributed by atoms with Gasteiger partial charge in [-0.3, -0.25) is 4.79 Å². The van der Waals surface area contributed by atoms with Gasteiger partial charge in [0.2, 0.25) is 5.91 Å². The van der Waals surface area contributed by atoms with Gasteiger partial charge in [-0.2, -0.15) is 0 Å². The molecule has 3 N–H and O–H groups in total. The fourth-order valence-electron chi connectivity index (χ4n) is 2.83. The van der Waals surface area contributed by atoms with E-state index in [9.17, 15) is 4.79 Å². The number of carbonyl (C=O) groups excluding carboxylic acids is 1. The van der Waals surface area contributed by atoms with Gasteiger partial charge < -0.3 is 15.8 Å². The van der Waals surface area contributed by atoms with E-state index in [0.29, 0.717) is 11.6 Å². The standard InChI is InChI=1S/C20H22ClN3O2/c1-13(15-5-7-16(21)8-6-15)19(25)23-17-9-2-14(3-10-17)4-11-18-12-26-20(22)24-18/h2-3,5-10,13,18H,4,11-12H2,1H3,(H2,22,24)(H,23,25)/t13?,18-/m0/s1. The first kappa shape index (κ1) is 18.3. The number of nitrogens with two attached hydrogens (primary N) is 1. The smallest absolute Gasteiger partial charge is 0.282 e. The number of rotatable bonds is 6. The number of amidine groups is 1. The Labute approximate surface area is 158 Å². The average molecular weight is 372 g/mol. The molecular formula is C20H22ClN3O2. The maximum absolute atomic E-state index is 12.4. The van der Waals surface area contributed by atoms with Crippen LogP contribution >= 0.6 is 11.6 Å². The average Bonchev–Trinajstić information content (AvgIpc) is 3.06. The number of anilines is 1. The molecule has 6 heteroatoms. The molecule has 1 heterocycles. The van der Waals surface area contributed by atoms with Gasteiger partial charge in [0.05, 0.1) is 12.0 Å². The number of aryl methyl sites for hydroxylation is 1. The molecule has 2 atom stereocenters. The second-order valence-corrected chi connectivity index (χ2v) is 6.87. The van der Waals surface area contributed by atoms with Crippen LogP contribution in [0.3, 0.4) is 0 Å². The van der Waals surface area contributed by atoms with Crippen molar-refractivity contribution < 1.29 is 9.53 Å². The summed E-state index contributed by atoms with van der Waals surface area (Å²) in [5, 5.41) is 3.62. The van der Waals surface area contributed by atoms with E-state index < -0.39 is 0 Å². The Balaban J connectivity index is 1.53. The number of benzene rings is 2. The van der Waals surface area contributed by atoms with Crippen molar-refractivity contribution in [2.75, 3.05) is 11.9 Å². The minimum Gasteiger partial charge on any atom is -0.463 e. The molecule has 1 amide bonds. The van der Waals surface area contributed by atoms with Crippen LogP contribution in [-0.4, -0.2) is 24.6 Å². The topological polar surface area (TPSA) is 76.7 Å². The van der Waals surface area contributed by atoms with Crippen LogP contribution in [0.1, 0.15) is 30.4 Å². The van der Waals surface area contributed by atoms with Gasteiger partial charge in [-0.1, -0.05) is 35.9 Å². The van der Waals surface area contributed by atoms with Gasteiger partial charge in [-0.25, -0.2) is 4.99 Å². The molecule has 0 saturated heterocycles. The van der Waals surface area contributed by atoms with E-state index >= 15 is 0 Å². The Kier molecular flexibility index (Phi) is 5.78. The molecule has 136 valence electrons. The van der Waals surface area contributed by atoms with Crippen molar-refractivity contribution in [2.45, 2.75) is 31.7 Å². The van der Waals surface area contributed by atoms with Crippen molar-refractivity contribution in [3.63, 3.8) is 0 Å². The molecule has 0 aliphatic carbocycles. The summed E-state index contributed by atoms with van der Waals surface area (Å²) in [6, 6.07) is 15.6. The molecule has 0 radical (unpaired) electrons. The predicted molar refractivity (Wildman–Crippen MR) is 105 cm³/mol. The molecule has 0 bridgehead atoms. The second kappa shape index (κ2) is 8.23. The Hall–Kier alpha value is -2.53. The summed E-state index contributed by atoms with van der Waals surface area (Å²) < 4.78 is 5.16. The molecule has 5 nitrogen and oxygen atoms in total. The van der Waals surface area contributed by atoms with Crippen LogP contribution in [0, 0.1) is 0 Å². The fraction of sp³-hybridized carbons (Fsp3) is 0.300. The molecule has 2 aromatic rings. The third-order valence-electron chi connectivity index (χ3n) is 4.48. The number of halogens is 1. The highest BCUT2D eigenvalue weighted by Crippen LogP contribution is 2.21. The van der Waals surface area contributed by atoms with E-state index in [2.05, 4.69) is 10.3 Å². The van der Waals surface area contributed by atoms with Crippen molar-refractivity contribution in [1.29, 1.82) is 0 Å². The van der Waals surface area contributed by atoms with Gasteiger partial charge in [-0.15, -0.1) is 0 Å². The van der Waals surface area contributed by atoms with Crippen LogP contribution in [0.5, 0.6) is 0 Å². The number of hydrogen-bond donors (Lipinski definition) is 2. The lowest BCUT2D eigenvalue weighted by atomic mass is 10.0. The third-order valence-corrected chi connectivity index (χ3v) is 4.74. The zero-order valence-corrected chi connectivity index (χ0v) is 15.4. The summed E-state index contributed by atoms with van der Waals surface area (Å²) in [5.74, 6) is -0.300. The molecule has 26 heavy (non-hydrogen) atoms. The van der Waals surface area contributed by atoms with Crippen molar-refractivity contribution >= 4 is 29.2 Å². The van der Waals surface area contributed by atoms with Crippen LogP contribution in [0.25, 0.3) is 0 Å². The number of amides is 1. The molecule has 0 fully saturated rings. The minimum absolute atomic E-state index is 0.0482. The molecule has 1 unspecified atom stereocenters. The second-order valence-electron chi connectivity index (χ2n) is 6.43.